The van der Waals surface area contributed by atoms with Gasteiger partial charge in [0.25, 0.3) is 11.8 Å². The number of carbonyl (C=O) groups is 3. The highest BCUT2D eigenvalue weighted by molar-refractivity contribution is 6.01. The summed E-state index contributed by atoms with van der Waals surface area (Å²) < 4.78 is 14.6. The Bertz CT molecular complexity index is 1130. The largest absolute Gasteiger partial charge is 0.351 e. The minimum atomic E-state index is -1.20. The van der Waals surface area contributed by atoms with Gasteiger partial charge in [-0.15, -0.1) is 0 Å². The van der Waals surface area contributed by atoms with Gasteiger partial charge in [0.05, 0.1) is 6.54 Å². The lowest BCUT2D eigenvalue weighted by Crippen LogP contribution is -2.62. The van der Waals surface area contributed by atoms with Crippen LogP contribution >= 0.6 is 0 Å². The zero-order valence-corrected chi connectivity index (χ0v) is 21.8. The normalized spacial score (nSPS) is 20.5. The van der Waals surface area contributed by atoms with Crippen molar-refractivity contribution in [2.75, 3.05) is 52.9 Å². The summed E-state index contributed by atoms with van der Waals surface area (Å²) in [6.07, 6.45) is 0.833. The Morgan fingerprint density at radius 2 is 1.76 bits per heavy atom. The molecular weight excluding hydrogens is 477 g/mol. The van der Waals surface area contributed by atoms with Crippen LogP contribution in [0, 0.1) is 5.82 Å². The van der Waals surface area contributed by atoms with Crippen LogP contribution in [0.25, 0.3) is 0 Å². The molecule has 1 saturated heterocycles. The second-order valence-corrected chi connectivity index (χ2v) is 9.90. The Hall–Kier alpha value is -3.31. The molecule has 2 aromatic rings. The Morgan fingerprint density at radius 3 is 2.43 bits per heavy atom. The van der Waals surface area contributed by atoms with Crippen LogP contribution in [0.5, 0.6) is 0 Å². The van der Waals surface area contributed by atoms with Crippen LogP contribution in [0.4, 0.5) is 4.39 Å². The summed E-state index contributed by atoms with van der Waals surface area (Å²) in [7, 11) is 1.57. The lowest BCUT2D eigenvalue weighted by molar-refractivity contribution is -0.132. The van der Waals surface area contributed by atoms with E-state index in [0.717, 1.165) is 51.3 Å². The molecule has 37 heavy (non-hydrogen) atoms. The third-order valence-corrected chi connectivity index (χ3v) is 7.44. The average molecular weight is 514 g/mol. The van der Waals surface area contributed by atoms with E-state index in [1.807, 2.05) is 0 Å². The number of fused-ring (bicyclic) bond motifs is 1. The molecule has 1 fully saturated rings. The maximum Gasteiger partial charge on any atom is 0.272 e. The van der Waals surface area contributed by atoms with Gasteiger partial charge in [0.1, 0.15) is 17.1 Å². The van der Waals surface area contributed by atoms with Gasteiger partial charge in [0, 0.05) is 52.4 Å². The highest BCUT2D eigenvalue weighted by Gasteiger charge is 2.46. The zero-order chi connectivity index (χ0) is 26.6. The minimum absolute atomic E-state index is 0.108. The van der Waals surface area contributed by atoms with Crippen molar-refractivity contribution in [2.45, 2.75) is 38.9 Å². The Balaban J connectivity index is 1.32. The number of benzene rings is 1. The van der Waals surface area contributed by atoms with Crippen LogP contribution in [0.3, 0.4) is 0 Å². The number of aromatic nitrogens is 2. The number of halogens is 1. The second-order valence-electron chi connectivity index (χ2n) is 9.90. The Kier molecular flexibility index (Phi) is 8.23. The first kappa shape index (κ1) is 26.7. The first-order valence-corrected chi connectivity index (χ1v) is 12.8. The van der Waals surface area contributed by atoms with Gasteiger partial charge in [-0.1, -0.05) is 19.1 Å². The van der Waals surface area contributed by atoms with Gasteiger partial charge in [0.2, 0.25) is 5.91 Å². The summed E-state index contributed by atoms with van der Waals surface area (Å²) in [6, 6.07) is 7.33. The number of hydrogen-bond acceptors (Lipinski definition) is 6. The molecule has 200 valence electrons. The van der Waals surface area contributed by atoms with Crippen molar-refractivity contribution in [3.63, 3.8) is 0 Å². The number of nitrogens with zero attached hydrogens (tertiary/aromatic N) is 5. The van der Waals surface area contributed by atoms with Crippen LogP contribution < -0.4 is 10.6 Å². The molecule has 2 aliphatic heterocycles. The highest BCUT2D eigenvalue weighted by atomic mass is 19.1. The molecule has 0 aliphatic carbocycles. The first-order valence-electron chi connectivity index (χ1n) is 12.8. The SMILES string of the molecule is CCN1CCN(CCCNC(=O)c2cc3n(n2)C[C@](C)(C(=O)NCc2ccc(F)cc2)N(C)C3=O)CC1. The van der Waals surface area contributed by atoms with Crippen LogP contribution in [0.1, 0.15) is 46.8 Å². The molecule has 11 heteroatoms. The van der Waals surface area contributed by atoms with Gasteiger partial charge in [-0.3, -0.25) is 19.1 Å². The van der Waals surface area contributed by atoms with Crippen molar-refractivity contribution in [3.05, 3.63) is 53.1 Å². The summed E-state index contributed by atoms with van der Waals surface area (Å²) in [5.74, 6) is -1.44. The molecule has 0 saturated carbocycles. The van der Waals surface area contributed by atoms with Crippen molar-refractivity contribution in [2.24, 2.45) is 0 Å². The van der Waals surface area contributed by atoms with Gasteiger partial charge in [-0.2, -0.15) is 5.10 Å². The predicted molar refractivity (Wildman–Crippen MR) is 136 cm³/mol. The standard InChI is InChI=1S/C26H36FN7O3/c1-4-32-12-14-33(15-13-32)11-5-10-28-23(35)21-16-22-24(36)31(3)26(2,18-34(22)30-21)25(37)29-17-19-6-8-20(27)9-7-19/h6-9,16H,4-5,10-15,17-18H2,1-3H3,(H,28,35)(H,29,37)/t26-/m1/s1. The summed E-state index contributed by atoms with van der Waals surface area (Å²) in [6.45, 7) is 10.9. The summed E-state index contributed by atoms with van der Waals surface area (Å²) in [4.78, 5) is 45.1. The molecule has 0 bridgehead atoms. The van der Waals surface area contributed by atoms with Crippen LogP contribution in [0.2, 0.25) is 0 Å². The number of carbonyl (C=O) groups excluding carboxylic acids is 3. The summed E-state index contributed by atoms with van der Waals surface area (Å²) in [5.41, 5.74) is -0.0364. The van der Waals surface area contributed by atoms with E-state index in [1.165, 1.54) is 27.8 Å². The lowest BCUT2D eigenvalue weighted by Gasteiger charge is -2.40. The molecule has 2 aliphatic rings. The van der Waals surface area contributed by atoms with Gasteiger partial charge in [-0.05, 0) is 44.1 Å². The van der Waals surface area contributed by atoms with E-state index in [9.17, 15) is 18.8 Å². The average Bonchev–Trinajstić information content (AvgIpc) is 3.33. The van der Waals surface area contributed by atoms with E-state index >= 15 is 0 Å². The third kappa shape index (κ3) is 5.99. The Morgan fingerprint density at radius 1 is 1.08 bits per heavy atom. The van der Waals surface area contributed by atoms with E-state index in [2.05, 4.69) is 32.5 Å². The van der Waals surface area contributed by atoms with Crippen molar-refractivity contribution in [1.82, 2.24) is 35.1 Å². The fraction of sp³-hybridized carbons (Fsp3) is 0.538. The van der Waals surface area contributed by atoms with Crippen molar-refractivity contribution < 1.29 is 18.8 Å². The topological polar surface area (TPSA) is 103 Å². The number of rotatable bonds is 9. The molecule has 0 radical (unpaired) electrons. The summed E-state index contributed by atoms with van der Waals surface area (Å²) >= 11 is 0. The number of nitrogens with one attached hydrogen (secondary N) is 2. The third-order valence-electron chi connectivity index (χ3n) is 7.44. The maximum atomic E-state index is 13.1. The molecule has 1 atom stereocenters. The molecule has 4 rings (SSSR count). The van der Waals surface area contributed by atoms with Gasteiger partial charge < -0.3 is 25.3 Å². The van der Waals surface area contributed by atoms with Crippen LogP contribution in [-0.2, 0) is 17.9 Å². The number of amides is 3. The van der Waals surface area contributed by atoms with Crippen molar-refractivity contribution in [3.8, 4) is 0 Å². The highest BCUT2D eigenvalue weighted by Crippen LogP contribution is 2.26. The summed E-state index contributed by atoms with van der Waals surface area (Å²) in [5, 5.41) is 10.1. The first-order chi connectivity index (χ1) is 17.7. The monoisotopic (exact) mass is 513 g/mol. The smallest absolute Gasteiger partial charge is 0.272 e. The maximum absolute atomic E-state index is 13.1. The van der Waals surface area contributed by atoms with E-state index in [1.54, 1.807) is 26.1 Å². The molecule has 0 spiro atoms. The van der Waals surface area contributed by atoms with E-state index in [-0.39, 0.29) is 48.0 Å². The number of likely N-dealkylation sites (N-methyl/N-ethyl adjacent to an activating group) is 2. The molecule has 1 aromatic heterocycles. The zero-order valence-electron chi connectivity index (χ0n) is 21.8. The fourth-order valence-corrected chi connectivity index (χ4v) is 4.74. The number of hydrogen-bond donors (Lipinski definition) is 2. The molecule has 3 heterocycles. The van der Waals surface area contributed by atoms with Crippen LogP contribution in [-0.4, -0.2) is 101 Å². The minimum Gasteiger partial charge on any atom is -0.351 e. The quantitative estimate of drug-likeness (QED) is 0.484. The molecule has 10 nitrogen and oxygen atoms in total. The molecule has 3 amide bonds. The van der Waals surface area contributed by atoms with E-state index in [0.29, 0.717) is 6.54 Å². The molecule has 1 aromatic carbocycles. The van der Waals surface area contributed by atoms with Gasteiger partial charge in [0.15, 0.2) is 5.69 Å². The van der Waals surface area contributed by atoms with Gasteiger partial charge in [-0.25, -0.2) is 4.39 Å². The lowest BCUT2D eigenvalue weighted by atomic mass is 9.96. The fourth-order valence-electron chi connectivity index (χ4n) is 4.74. The van der Waals surface area contributed by atoms with E-state index < -0.39 is 5.54 Å². The van der Waals surface area contributed by atoms with Crippen LogP contribution in [0.15, 0.2) is 30.3 Å². The number of piperazine rings is 1. The Labute approximate surface area is 216 Å². The second kappa shape index (κ2) is 11.4. The van der Waals surface area contributed by atoms with E-state index in [4.69, 9.17) is 0 Å². The van der Waals surface area contributed by atoms with Crippen molar-refractivity contribution in [1.29, 1.82) is 0 Å². The molecule has 0 unspecified atom stereocenters. The predicted octanol–water partition coefficient (Wildman–Crippen LogP) is 0.940. The van der Waals surface area contributed by atoms with Crippen molar-refractivity contribution >= 4 is 17.7 Å². The molecule has 2 N–H and O–H groups in total. The van der Waals surface area contributed by atoms with Gasteiger partial charge >= 0.3 is 0 Å². The molecular formula is C26H36FN7O3.